The molecule has 0 unspecified atom stereocenters. The van der Waals surface area contributed by atoms with Crippen LogP contribution in [0, 0.1) is 0 Å². The fourth-order valence-corrected chi connectivity index (χ4v) is 1.46. The van der Waals surface area contributed by atoms with Crippen LogP contribution in [0.15, 0.2) is 18.7 Å². The van der Waals surface area contributed by atoms with Crippen molar-refractivity contribution < 1.29 is 4.79 Å². The van der Waals surface area contributed by atoms with Crippen molar-refractivity contribution in [1.29, 1.82) is 0 Å². The van der Waals surface area contributed by atoms with Crippen LogP contribution < -0.4 is 5.32 Å². The highest BCUT2D eigenvalue weighted by molar-refractivity contribution is 5.93. The summed E-state index contributed by atoms with van der Waals surface area (Å²) in [7, 11) is 0. The highest BCUT2D eigenvalue weighted by Crippen LogP contribution is 2.02. The van der Waals surface area contributed by atoms with Gasteiger partial charge < -0.3 is 10.2 Å². The van der Waals surface area contributed by atoms with Gasteiger partial charge in [-0.15, -0.1) is 0 Å². The van der Waals surface area contributed by atoms with Gasteiger partial charge in [0.25, 0.3) is 5.91 Å². The molecule has 1 saturated heterocycles. The summed E-state index contributed by atoms with van der Waals surface area (Å²) < 4.78 is 0. The van der Waals surface area contributed by atoms with Crippen molar-refractivity contribution >= 4 is 5.91 Å². The molecule has 0 spiro atoms. The molecular weight excluding hydrogens is 180 g/mol. The van der Waals surface area contributed by atoms with Crippen molar-refractivity contribution in [3.8, 4) is 0 Å². The van der Waals surface area contributed by atoms with E-state index in [1.54, 1.807) is 12.4 Å². The minimum absolute atomic E-state index is 0.0205. The van der Waals surface area contributed by atoms with Gasteiger partial charge in [-0.2, -0.15) is 0 Å². The number of nitrogens with one attached hydrogen (secondary N) is 1. The number of aromatic nitrogens is 2. The summed E-state index contributed by atoms with van der Waals surface area (Å²) in [6, 6.07) is 0. The van der Waals surface area contributed by atoms with E-state index in [0.717, 1.165) is 26.2 Å². The lowest BCUT2D eigenvalue weighted by Gasteiger charge is -2.27. The van der Waals surface area contributed by atoms with Crippen LogP contribution in [0.5, 0.6) is 0 Å². The fourth-order valence-electron chi connectivity index (χ4n) is 1.46. The van der Waals surface area contributed by atoms with Gasteiger partial charge >= 0.3 is 0 Å². The first-order valence-corrected chi connectivity index (χ1v) is 4.63. The zero-order valence-electron chi connectivity index (χ0n) is 7.81. The summed E-state index contributed by atoms with van der Waals surface area (Å²) in [5.41, 5.74) is 0.564. The van der Waals surface area contributed by atoms with E-state index in [9.17, 15) is 4.79 Å². The average molecular weight is 192 g/mol. The largest absolute Gasteiger partial charge is 0.336 e. The first-order valence-electron chi connectivity index (χ1n) is 4.63. The number of hydrogen-bond acceptors (Lipinski definition) is 4. The molecule has 1 aromatic rings. The number of hydrogen-bond donors (Lipinski definition) is 1. The van der Waals surface area contributed by atoms with Crippen LogP contribution in [0.25, 0.3) is 0 Å². The zero-order valence-corrected chi connectivity index (χ0v) is 7.81. The van der Waals surface area contributed by atoms with E-state index >= 15 is 0 Å². The molecule has 0 radical (unpaired) electrons. The normalized spacial score (nSPS) is 16.7. The van der Waals surface area contributed by atoms with Crippen LogP contribution in [0.1, 0.15) is 10.4 Å². The number of rotatable bonds is 1. The van der Waals surface area contributed by atoms with Crippen molar-refractivity contribution in [2.45, 2.75) is 0 Å². The van der Waals surface area contributed by atoms with Crippen LogP contribution in [0.3, 0.4) is 0 Å². The molecule has 1 N–H and O–H groups in total. The maximum atomic E-state index is 11.8. The van der Waals surface area contributed by atoms with Gasteiger partial charge in [-0.25, -0.2) is 9.97 Å². The highest BCUT2D eigenvalue weighted by atomic mass is 16.2. The van der Waals surface area contributed by atoms with Crippen molar-refractivity contribution in [3.63, 3.8) is 0 Å². The van der Waals surface area contributed by atoms with Gasteiger partial charge in [-0.1, -0.05) is 0 Å². The summed E-state index contributed by atoms with van der Waals surface area (Å²) in [5, 5.41) is 3.20. The Kier molecular flexibility index (Phi) is 2.69. The molecule has 0 bridgehead atoms. The Hall–Kier alpha value is -1.49. The van der Waals surface area contributed by atoms with Crippen molar-refractivity contribution in [3.05, 3.63) is 24.3 Å². The molecule has 1 amide bonds. The summed E-state index contributed by atoms with van der Waals surface area (Å²) in [4.78, 5) is 21.3. The molecular formula is C9H12N4O. The molecule has 5 heteroatoms. The van der Waals surface area contributed by atoms with Crippen molar-refractivity contribution in [2.75, 3.05) is 26.2 Å². The summed E-state index contributed by atoms with van der Waals surface area (Å²) in [5.74, 6) is 0.0205. The second-order valence-electron chi connectivity index (χ2n) is 3.17. The minimum Gasteiger partial charge on any atom is -0.336 e. The Morgan fingerprint density at radius 3 is 2.57 bits per heavy atom. The summed E-state index contributed by atoms with van der Waals surface area (Å²) >= 11 is 0. The van der Waals surface area contributed by atoms with Gasteiger partial charge in [0.15, 0.2) is 0 Å². The number of nitrogens with zero attached hydrogens (tertiary/aromatic N) is 3. The Bertz CT molecular complexity index is 308. The summed E-state index contributed by atoms with van der Waals surface area (Å²) in [6.45, 7) is 3.24. The third-order valence-corrected chi connectivity index (χ3v) is 2.21. The lowest BCUT2D eigenvalue weighted by atomic mass is 10.2. The molecule has 0 aliphatic carbocycles. The number of amides is 1. The van der Waals surface area contributed by atoms with Gasteiger partial charge in [0.2, 0.25) is 0 Å². The Morgan fingerprint density at radius 1 is 1.29 bits per heavy atom. The smallest absolute Gasteiger partial charge is 0.257 e. The predicted molar refractivity (Wildman–Crippen MR) is 50.8 cm³/mol. The van der Waals surface area contributed by atoms with E-state index in [1.165, 1.54) is 6.33 Å². The van der Waals surface area contributed by atoms with Crippen LogP contribution >= 0.6 is 0 Å². The van der Waals surface area contributed by atoms with Crippen LogP contribution in [-0.4, -0.2) is 47.0 Å². The van der Waals surface area contributed by atoms with E-state index in [1.807, 2.05) is 4.90 Å². The van der Waals surface area contributed by atoms with Crippen molar-refractivity contribution in [1.82, 2.24) is 20.2 Å². The van der Waals surface area contributed by atoms with Crippen molar-refractivity contribution in [2.24, 2.45) is 0 Å². The van der Waals surface area contributed by atoms with Crippen LogP contribution in [0.2, 0.25) is 0 Å². The molecule has 14 heavy (non-hydrogen) atoms. The number of carbonyl (C=O) groups excluding carboxylic acids is 1. The molecule has 2 heterocycles. The monoisotopic (exact) mass is 192 g/mol. The average Bonchev–Trinajstić information content (AvgIpc) is 2.30. The fraction of sp³-hybridized carbons (Fsp3) is 0.444. The highest BCUT2D eigenvalue weighted by Gasteiger charge is 2.17. The first-order chi connectivity index (χ1) is 6.88. The Morgan fingerprint density at radius 2 is 1.93 bits per heavy atom. The standard InChI is InChI=1S/C9H12N4O/c14-9(8-5-11-7-12-6-8)13-3-1-10-2-4-13/h5-7,10H,1-4H2. The molecule has 74 valence electrons. The molecule has 1 aliphatic rings. The number of piperazine rings is 1. The minimum atomic E-state index is 0.0205. The first kappa shape index (κ1) is 9.08. The Labute approximate surface area is 82.2 Å². The zero-order chi connectivity index (χ0) is 9.80. The summed E-state index contributed by atoms with van der Waals surface area (Å²) in [6.07, 6.45) is 4.53. The molecule has 0 saturated carbocycles. The lowest BCUT2D eigenvalue weighted by Crippen LogP contribution is -2.46. The van der Waals surface area contributed by atoms with Gasteiger partial charge in [0, 0.05) is 38.6 Å². The maximum Gasteiger partial charge on any atom is 0.257 e. The second kappa shape index (κ2) is 4.15. The third-order valence-electron chi connectivity index (χ3n) is 2.21. The van der Waals surface area contributed by atoms with E-state index in [0.29, 0.717) is 5.56 Å². The third kappa shape index (κ3) is 1.88. The molecule has 1 aromatic heterocycles. The second-order valence-corrected chi connectivity index (χ2v) is 3.17. The molecule has 0 aromatic carbocycles. The molecule has 5 nitrogen and oxygen atoms in total. The predicted octanol–water partition coefficient (Wildman–Crippen LogP) is -0.478. The van der Waals surface area contributed by atoms with E-state index in [4.69, 9.17) is 0 Å². The molecule has 0 atom stereocenters. The van der Waals surface area contributed by atoms with E-state index in [2.05, 4.69) is 15.3 Å². The van der Waals surface area contributed by atoms with E-state index in [-0.39, 0.29) is 5.91 Å². The van der Waals surface area contributed by atoms with Crippen LogP contribution in [-0.2, 0) is 0 Å². The van der Waals surface area contributed by atoms with Gasteiger partial charge in [0.05, 0.1) is 5.56 Å². The lowest BCUT2D eigenvalue weighted by molar-refractivity contribution is 0.0735. The maximum absolute atomic E-state index is 11.8. The van der Waals surface area contributed by atoms with Gasteiger partial charge in [-0.05, 0) is 0 Å². The molecule has 2 rings (SSSR count). The van der Waals surface area contributed by atoms with Gasteiger partial charge in [0.1, 0.15) is 6.33 Å². The quantitative estimate of drug-likeness (QED) is 0.653. The SMILES string of the molecule is O=C(c1cncnc1)N1CCNCC1. The van der Waals surface area contributed by atoms with Crippen LogP contribution in [0.4, 0.5) is 0 Å². The van der Waals surface area contributed by atoms with E-state index < -0.39 is 0 Å². The topological polar surface area (TPSA) is 58.1 Å². The number of carbonyl (C=O) groups is 1. The molecule has 1 aliphatic heterocycles. The Balaban J connectivity index is 2.07. The van der Waals surface area contributed by atoms with Gasteiger partial charge in [-0.3, -0.25) is 4.79 Å². The molecule has 1 fully saturated rings.